The minimum absolute atomic E-state index is 0.199. The van der Waals surface area contributed by atoms with Gasteiger partial charge in [0.1, 0.15) is 33.3 Å². The number of aromatic nitrogens is 2. The molecule has 3 aromatic rings. The van der Waals surface area contributed by atoms with E-state index >= 15 is 0 Å². The lowest BCUT2D eigenvalue weighted by Gasteiger charge is -2.34. The monoisotopic (exact) mass is 458 g/mol. The lowest BCUT2D eigenvalue weighted by atomic mass is 10.1. The van der Waals surface area contributed by atoms with Crippen LogP contribution in [0.4, 0.5) is 10.2 Å². The van der Waals surface area contributed by atoms with E-state index in [-0.39, 0.29) is 17.9 Å². The van der Waals surface area contributed by atoms with E-state index in [9.17, 15) is 9.18 Å². The molecule has 0 bridgehead atoms. The molecular weight excluding hydrogens is 431 g/mol. The molecule has 0 aliphatic carbocycles. The number of benzene rings is 1. The third-order valence-electron chi connectivity index (χ3n) is 5.34. The summed E-state index contributed by atoms with van der Waals surface area (Å²) in [5, 5.41) is 0.875. The van der Waals surface area contributed by atoms with Crippen LogP contribution in [0, 0.1) is 12.7 Å². The minimum atomic E-state index is -0.334. The summed E-state index contributed by atoms with van der Waals surface area (Å²) >= 11 is 1.35. The number of nitrogens with zero attached hydrogens (tertiary/aromatic N) is 4. The van der Waals surface area contributed by atoms with E-state index in [1.807, 2.05) is 25.9 Å². The lowest BCUT2D eigenvalue weighted by molar-refractivity contribution is 0.0395. The Kier molecular flexibility index (Phi) is 6.68. The predicted molar refractivity (Wildman–Crippen MR) is 123 cm³/mol. The van der Waals surface area contributed by atoms with Gasteiger partial charge in [-0.05, 0) is 51.2 Å². The van der Waals surface area contributed by atoms with E-state index in [1.165, 1.54) is 23.5 Å². The lowest BCUT2D eigenvalue weighted by Crippen LogP contribution is -2.39. The highest BCUT2D eigenvalue weighted by Gasteiger charge is 2.28. The maximum absolute atomic E-state index is 13.4. The van der Waals surface area contributed by atoms with E-state index in [1.54, 1.807) is 19.1 Å². The van der Waals surface area contributed by atoms with E-state index in [4.69, 9.17) is 19.4 Å². The van der Waals surface area contributed by atoms with Crippen molar-refractivity contribution in [1.82, 2.24) is 14.9 Å². The maximum atomic E-state index is 13.4. The highest BCUT2D eigenvalue weighted by Crippen LogP contribution is 2.37. The van der Waals surface area contributed by atoms with Crippen molar-refractivity contribution in [2.75, 3.05) is 45.3 Å². The molecule has 3 heterocycles. The maximum Gasteiger partial charge on any atom is 0.348 e. The molecule has 0 saturated carbocycles. The number of fused-ring (bicyclic) bond motifs is 1. The Morgan fingerprint density at radius 1 is 1.31 bits per heavy atom. The first kappa shape index (κ1) is 22.6. The molecule has 0 spiro atoms. The fourth-order valence-electron chi connectivity index (χ4n) is 3.86. The summed E-state index contributed by atoms with van der Waals surface area (Å²) in [6.07, 6.45) is -0.199. The summed E-state index contributed by atoms with van der Waals surface area (Å²) in [7, 11) is 3.94. The summed E-state index contributed by atoms with van der Waals surface area (Å²) < 4.78 is 24.6. The second-order valence-corrected chi connectivity index (χ2v) is 9.01. The van der Waals surface area contributed by atoms with Gasteiger partial charge in [-0.15, -0.1) is 11.3 Å². The summed E-state index contributed by atoms with van der Waals surface area (Å²) in [4.78, 5) is 27.7. The number of morpholine rings is 1. The van der Waals surface area contributed by atoms with Crippen LogP contribution in [-0.2, 0) is 16.0 Å². The summed E-state index contributed by atoms with van der Waals surface area (Å²) in [5.74, 6) is 0.887. The number of hydrogen-bond donors (Lipinski definition) is 0. The molecule has 170 valence electrons. The fraction of sp³-hybridized carbons (Fsp3) is 0.435. The molecule has 1 fully saturated rings. The zero-order valence-electron chi connectivity index (χ0n) is 18.7. The van der Waals surface area contributed by atoms with Gasteiger partial charge in [0.25, 0.3) is 0 Å². The van der Waals surface area contributed by atoms with Crippen LogP contribution in [0.2, 0.25) is 0 Å². The molecule has 1 atom stereocenters. The van der Waals surface area contributed by atoms with Gasteiger partial charge in [-0.3, -0.25) is 0 Å². The highest BCUT2D eigenvalue weighted by molar-refractivity contribution is 7.20. The zero-order chi connectivity index (χ0) is 22.8. The van der Waals surface area contributed by atoms with Crippen molar-refractivity contribution in [3.8, 4) is 0 Å². The minimum Gasteiger partial charge on any atom is -0.462 e. The Morgan fingerprint density at radius 3 is 2.75 bits per heavy atom. The number of carbonyl (C=O) groups is 1. The molecule has 0 N–H and O–H groups in total. The average molecular weight is 459 g/mol. The van der Waals surface area contributed by atoms with Gasteiger partial charge in [0.15, 0.2) is 0 Å². The summed E-state index contributed by atoms with van der Waals surface area (Å²) in [5.41, 5.74) is 1.75. The van der Waals surface area contributed by atoms with Crippen LogP contribution >= 0.6 is 11.3 Å². The van der Waals surface area contributed by atoms with Gasteiger partial charge in [-0.25, -0.2) is 19.2 Å². The SMILES string of the molecule is CCOC(=O)c1sc2nc(CN(C)C)nc(N3CCOC(c4ccc(F)cc4)C3)c2c1C. The van der Waals surface area contributed by atoms with Crippen LogP contribution < -0.4 is 4.90 Å². The van der Waals surface area contributed by atoms with Gasteiger partial charge >= 0.3 is 5.97 Å². The topological polar surface area (TPSA) is 67.8 Å². The van der Waals surface area contributed by atoms with Crippen molar-refractivity contribution in [2.24, 2.45) is 0 Å². The number of anilines is 1. The summed E-state index contributed by atoms with van der Waals surface area (Å²) in [6, 6.07) is 6.41. The van der Waals surface area contributed by atoms with Crippen LogP contribution in [0.3, 0.4) is 0 Å². The van der Waals surface area contributed by atoms with Gasteiger partial charge in [-0.2, -0.15) is 0 Å². The fourth-order valence-corrected chi connectivity index (χ4v) is 4.94. The molecule has 1 aromatic carbocycles. The first-order valence-electron chi connectivity index (χ1n) is 10.6. The van der Waals surface area contributed by atoms with Crippen molar-refractivity contribution in [3.63, 3.8) is 0 Å². The van der Waals surface area contributed by atoms with Gasteiger partial charge in [0.05, 0.1) is 25.1 Å². The zero-order valence-corrected chi connectivity index (χ0v) is 19.5. The van der Waals surface area contributed by atoms with E-state index < -0.39 is 0 Å². The Bertz CT molecular complexity index is 1120. The summed E-state index contributed by atoms with van der Waals surface area (Å²) in [6.45, 7) is 6.37. The van der Waals surface area contributed by atoms with Crippen LogP contribution in [0.5, 0.6) is 0 Å². The molecule has 1 aliphatic rings. The Labute approximate surface area is 190 Å². The molecule has 1 saturated heterocycles. The van der Waals surface area contributed by atoms with Crippen molar-refractivity contribution >= 4 is 33.3 Å². The molecule has 0 radical (unpaired) electrons. The largest absolute Gasteiger partial charge is 0.462 e. The molecule has 2 aromatic heterocycles. The Balaban J connectivity index is 1.76. The highest BCUT2D eigenvalue weighted by atomic mass is 32.1. The van der Waals surface area contributed by atoms with Crippen LogP contribution in [-0.4, -0.2) is 61.2 Å². The van der Waals surface area contributed by atoms with Gasteiger partial charge in [0, 0.05) is 13.1 Å². The van der Waals surface area contributed by atoms with Crippen LogP contribution in [0.1, 0.15) is 39.7 Å². The third kappa shape index (κ3) is 4.60. The number of aryl methyl sites for hydroxylation is 1. The first-order valence-corrected chi connectivity index (χ1v) is 11.4. The smallest absolute Gasteiger partial charge is 0.348 e. The molecule has 7 nitrogen and oxygen atoms in total. The van der Waals surface area contributed by atoms with Crippen molar-refractivity contribution in [3.05, 3.63) is 51.9 Å². The molecule has 32 heavy (non-hydrogen) atoms. The molecule has 1 unspecified atom stereocenters. The van der Waals surface area contributed by atoms with Gasteiger partial charge in [-0.1, -0.05) is 12.1 Å². The van der Waals surface area contributed by atoms with Gasteiger partial charge < -0.3 is 19.3 Å². The van der Waals surface area contributed by atoms with Crippen molar-refractivity contribution < 1.29 is 18.7 Å². The Morgan fingerprint density at radius 2 is 2.06 bits per heavy atom. The van der Waals surface area contributed by atoms with Gasteiger partial charge in [0.2, 0.25) is 0 Å². The number of esters is 1. The van der Waals surface area contributed by atoms with E-state index in [0.717, 1.165) is 27.2 Å². The third-order valence-corrected chi connectivity index (χ3v) is 6.51. The Hall–Kier alpha value is -2.62. The predicted octanol–water partition coefficient (Wildman–Crippen LogP) is 3.96. The number of halogens is 1. The van der Waals surface area contributed by atoms with Crippen molar-refractivity contribution in [1.29, 1.82) is 0 Å². The second kappa shape index (κ2) is 9.48. The standard InChI is InChI=1S/C23H27FN4O3S/c1-5-30-23(29)20-14(2)19-21(25-18(13-27(3)4)26-22(19)32-20)28-10-11-31-17(12-28)15-6-8-16(24)9-7-15/h6-9,17H,5,10-13H2,1-4H3. The number of carbonyl (C=O) groups excluding carboxylic acids is 1. The molecule has 0 amide bonds. The van der Waals surface area contributed by atoms with E-state index in [0.29, 0.717) is 43.5 Å². The van der Waals surface area contributed by atoms with Crippen LogP contribution in [0.25, 0.3) is 10.2 Å². The first-order chi connectivity index (χ1) is 15.4. The van der Waals surface area contributed by atoms with Crippen molar-refractivity contribution in [2.45, 2.75) is 26.5 Å². The van der Waals surface area contributed by atoms with E-state index in [2.05, 4.69) is 4.90 Å². The molecule has 9 heteroatoms. The molecular formula is C23H27FN4O3S. The second-order valence-electron chi connectivity index (χ2n) is 8.02. The van der Waals surface area contributed by atoms with Crippen LogP contribution in [0.15, 0.2) is 24.3 Å². The molecule has 1 aliphatic heterocycles. The number of ether oxygens (including phenoxy) is 2. The number of hydrogen-bond acceptors (Lipinski definition) is 8. The molecule has 4 rings (SSSR count). The number of thiophene rings is 1. The number of rotatable bonds is 6. The average Bonchev–Trinajstić information content (AvgIpc) is 3.10. The quantitative estimate of drug-likeness (QED) is 0.518. The normalized spacial score (nSPS) is 16.7.